The van der Waals surface area contributed by atoms with Crippen LogP contribution in [-0.2, 0) is 19.7 Å². The molecular formula is C15H16O4. The van der Waals surface area contributed by atoms with Crippen molar-refractivity contribution in [2.24, 2.45) is 0 Å². The lowest BCUT2D eigenvalue weighted by Gasteiger charge is -2.25. The molecule has 0 radical (unpaired) electrons. The summed E-state index contributed by atoms with van der Waals surface area (Å²) in [5, 5.41) is 9.53. The monoisotopic (exact) mass is 260 g/mol. The quantitative estimate of drug-likeness (QED) is 0.499. The molecule has 0 saturated carbocycles. The van der Waals surface area contributed by atoms with Crippen LogP contribution < -0.4 is 0 Å². The van der Waals surface area contributed by atoms with Gasteiger partial charge in [-0.3, -0.25) is 9.59 Å². The molecule has 0 aromatic heterocycles. The van der Waals surface area contributed by atoms with E-state index in [1.54, 1.807) is 44.2 Å². The first-order chi connectivity index (χ1) is 9.09. The molecule has 1 unspecified atom stereocenters. The van der Waals surface area contributed by atoms with E-state index in [0.717, 1.165) is 0 Å². The lowest BCUT2D eigenvalue weighted by atomic mass is 9.77. The summed E-state index contributed by atoms with van der Waals surface area (Å²) < 4.78 is 4.93. The number of carboxylic acids is 1. The molecule has 4 heteroatoms. The second-order valence-electron chi connectivity index (χ2n) is 3.90. The van der Waals surface area contributed by atoms with E-state index in [-0.39, 0.29) is 13.0 Å². The molecule has 0 amide bonds. The molecule has 1 aromatic rings. The minimum atomic E-state index is -1.76. The smallest absolute Gasteiger partial charge is 0.329 e. The van der Waals surface area contributed by atoms with Gasteiger partial charge in [-0.15, -0.1) is 11.8 Å². The first kappa shape index (κ1) is 14.8. The topological polar surface area (TPSA) is 63.6 Å². The first-order valence-corrected chi connectivity index (χ1v) is 5.95. The number of rotatable bonds is 5. The highest BCUT2D eigenvalue weighted by Gasteiger charge is 2.48. The maximum absolute atomic E-state index is 12.1. The van der Waals surface area contributed by atoms with Gasteiger partial charge < -0.3 is 9.84 Å². The van der Waals surface area contributed by atoms with E-state index in [0.29, 0.717) is 5.56 Å². The SMILES string of the molecule is CC#CCC(C(=O)O)(C(=O)OCC)c1ccccc1. The molecule has 0 aliphatic heterocycles. The van der Waals surface area contributed by atoms with Crippen LogP contribution in [0.4, 0.5) is 0 Å². The van der Waals surface area contributed by atoms with Gasteiger partial charge in [0.15, 0.2) is 0 Å². The Balaban J connectivity index is 3.38. The van der Waals surface area contributed by atoms with Gasteiger partial charge in [0, 0.05) is 6.42 Å². The molecule has 1 aromatic carbocycles. The zero-order valence-electron chi connectivity index (χ0n) is 11.0. The van der Waals surface area contributed by atoms with Gasteiger partial charge in [-0.2, -0.15) is 0 Å². The maximum Gasteiger partial charge on any atom is 0.329 e. The summed E-state index contributed by atoms with van der Waals surface area (Å²) in [6, 6.07) is 8.33. The van der Waals surface area contributed by atoms with Crippen molar-refractivity contribution in [3.63, 3.8) is 0 Å². The minimum absolute atomic E-state index is 0.109. The number of carboxylic acid groups (broad SMARTS) is 1. The van der Waals surface area contributed by atoms with Gasteiger partial charge in [0.2, 0.25) is 5.41 Å². The third-order valence-electron chi connectivity index (χ3n) is 2.79. The molecule has 0 bridgehead atoms. The van der Waals surface area contributed by atoms with Crippen molar-refractivity contribution < 1.29 is 19.4 Å². The van der Waals surface area contributed by atoms with Crippen LogP contribution in [0.3, 0.4) is 0 Å². The van der Waals surface area contributed by atoms with Gasteiger partial charge in [0.1, 0.15) is 0 Å². The van der Waals surface area contributed by atoms with Crippen LogP contribution in [0, 0.1) is 11.8 Å². The Bertz CT molecular complexity index is 510. The van der Waals surface area contributed by atoms with Gasteiger partial charge in [-0.1, -0.05) is 30.3 Å². The lowest BCUT2D eigenvalue weighted by molar-refractivity contribution is -0.161. The van der Waals surface area contributed by atoms with Crippen molar-refractivity contribution in [3.8, 4) is 11.8 Å². The van der Waals surface area contributed by atoms with Crippen LogP contribution >= 0.6 is 0 Å². The number of ether oxygens (including phenoxy) is 1. The predicted octanol–water partition coefficient (Wildman–Crippen LogP) is 1.99. The first-order valence-electron chi connectivity index (χ1n) is 5.95. The molecule has 1 atom stereocenters. The summed E-state index contributed by atoms with van der Waals surface area (Å²) in [6.45, 7) is 3.37. The van der Waals surface area contributed by atoms with Crippen LogP contribution in [-0.4, -0.2) is 23.7 Å². The van der Waals surface area contributed by atoms with E-state index in [4.69, 9.17) is 4.74 Å². The zero-order chi connectivity index (χ0) is 14.3. The highest BCUT2D eigenvalue weighted by atomic mass is 16.5. The van der Waals surface area contributed by atoms with Gasteiger partial charge >= 0.3 is 11.9 Å². The number of benzene rings is 1. The second-order valence-corrected chi connectivity index (χ2v) is 3.90. The fourth-order valence-electron chi connectivity index (χ4n) is 1.78. The van der Waals surface area contributed by atoms with Crippen molar-refractivity contribution in [1.29, 1.82) is 0 Å². The highest BCUT2D eigenvalue weighted by molar-refractivity contribution is 6.05. The lowest BCUT2D eigenvalue weighted by Crippen LogP contribution is -2.44. The van der Waals surface area contributed by atoms with E-state index in [9.17, 15) is 14.7 Å². The summed E-state index contributed by atoms with van der Waals surface area (Å²) >= 11 is 0. The third kappa shape index (κ3) is 2.94. The second kappa shape index (κ2) is 6.60. The molecule has 0 fully saturated rings. The molecule has 0 saturated heterocycles. The van der Waals surface area contributed by atoms with Gasteiger partial charge in [-0.05, 0) is 19.4 Å². The molecule has 1 rings (SSSR count). The van der Waals surface area contributed by atoms with Gasteiger partial charge in [0.25, 0.3) is 0 Å². The summed E-state index contributed by atoms with van der Waals surface area (Å²) in [5.74, 6) is 3.27. The minimum Gasteiger partial charge on any atom is -0.480 e. The van der Waals surface area contributed by atoms with Crippen LogP contribution in [0.1, 0.15) is 25.8 Å². The van der Waals surface area contributed by atoms with Crippen molar-refractivity contribution in [3.05, 3.63) is 35.9 Å². The standard InChI is InChI=1S/C15H16O4/c1-3-5-11-15(13(16)17,14(18)19-4-2)12-9-7-6-8-10-12/h6-10H,4,11H2,1-2H3,(H,16,17). The fourth-order valence-corrected chi connectivity index (χ4v) is 1.78. The highest BCUT2D eigenvalue weighted by Crippen LogP contribution is 2.30. The van der Waals surface area contributed by atoms with Gasteiger partial charge in [0.05, 0.1) is 6.61 Å². The van der Waals surface area contributed by atoms with E-state index in [1.165, 1.54) is 0 Å². The molecule has 0 aliphatic carbocycles. The number of esters is 1. The normalized spacial score (nSPS) is 12.7. The van der Waals surface area contributed by atoms with Crippen molar-refractivity contribution in [2.45, 2.75) is 25.7 Å². The van der Waals surface area contributed by atoms with E-state index >= 15 is 0 Å². The molecule has 1 N–H and O–H groups in total. The summed E-state index contributed by atoms with van der Waals surface area (Å²) in [4.78, 5) is 23.8. The van der Waals surface area contributed by atoms with Gasteiger partial charge in [-0.25, -0.2) is 0 Å². The Morgan fingerprint density at radius 3 is 2.42 bits per heavy atom. The maximum atomic E-state index is 12.1. The number of hydrogen-bond donors (Lipinski definition) is 1. The van der Waals surface area contributed by atoms with Crippen LogP contribution in [0.25, 0.3) is 0 Å². The number of hydrogen-bond acceptors (Lipinski definition) is 3. The molecule has 0 spiro atoms. The van der Waals surface area contributed by atoms with Crippen LogP contribution in [0.2, 0.25) is 0 Å². The summed E-state index contributed by atoms with van der Waals surface area (Å²) in [5.41, 5.74) is -1.39. The predicted molar refractivity (Wildman–Crippen MR) is 70.5 cm³/mol. The van der Waals surface area contributed by atoms with Crippen LogP contribution in [0.15, 0.2) is 30.3 Å². The molecular weight excluding hydrogens is 244 g/mol. The fraction of sp³-hybridized carbons (Fsp3) is 0.333. The molecule has 0 heterocycles. The average molecular weight is 260 g/mol. The summed E-state index contributed by atoms with van der Waals surface area (Å²) in [7, 11) is 0. The Labute approximate surface area is 112 Å². The zero-order valence-corrected chi connectivity index (χ0v) is 11.0. The Kier molecular flexibility index (Phi) is 5.13. The summed E-state index contributed by atoms with van der Waals surface area (Å²) in [6.07, 6.45) is -0.109. The Morgan fingerprint density at radius 2 is 1.95 bits per heavy atom. The Hall–Kier alpha value is -2.28. The van der Waals surface area contributed by atoms with E-state index in [2.05, 4.69) is 11.8 Å². The van der Waals surface area contributed by atoms with Crippen molar-refractivity contribution >= 4 is 11.9 Å². The molecule has 4 nitrogen and oxygen atoms in total. The van der Waals surface area contributed by atoms with E-state index in [1.807, 2.05) is 0 Å². The van der Waals surface area contributed by atoms with E-state index < -0.39 is 17.4 Å². The molecule has 100 valence electrons. The number of aliphatic carboxylic acids is 1. The third-order valence-corrected chi connectivity index (χ3v) is 2.79. The number of carbonyl (C=O) groups is 2. The average Bonchev–Trinajstić information content (AvgIpc) is 2.41. The number of carbonyl (C=O) groups excluding carboxylic acids is 1. The molecule has 0 aliphatic rings. The Morgan fingerprint density at radius 1 is 1.32 bits per heavy atom. The molecule has 19 heavy (non-hydrogen) atoms. The van der Waals surface area contributed by atoms with Crippen molar-refractivity contribution in [1.82, 2.24) is 0 Å². The van der Waals surface area contributed by atoms with Crippen LogP contribution in [0.5, 0.6) is 0 Å². The van der Waals surface area contributed by atoms with Crippen molar-refractivity contribution in [2.75, 3.05) is 6.61 Å². The largest absolute Gasteiger partial charge is 0.480 e.